The second-order valence-corrected chi connectivity index (χ2v) is 7.04. The Bertz CT molecular complexity index is 1250. The molecule has 2 N–H and O–H groups in total. The highest BCUT2D eigenvalue weighted by Gasteiger charge is 2.08. The van der Waals surface area contributed by atoms with Crippen LogP contribution in [0.5, 0.6) is 5.75 Å². The van der Waals surface area contributed by atoms with Gasteiger partial charge >= 0.3 is 0 Å². The molecule has 0 bridgehead atoms. The van der Waals surface area contributed by atoms with Gasteiger partial charge in [-0.2, -0.15) is 0 Å². The van der Waals surface area contributed by atoms with Gasteiger partial charge in [-0.05, 0) is 48.0 Å². The molecule has 6 nitrogen and oxygen atoms in total. The number of amides is 1. The van der Waals surface area contributed by atoms with Crippen molar-refractivity contribution in [3.63, 3.8) is 0 Å². The largest absolute Gasteiger partial charge is 0.497 e. The first-order valence-corrected chi connectivity index (χ1v) is 9.97. The number of hydrogen-bond donors (Lipinski definition) is 2. The second kappa shape index (κ2) is 9.70. The van der Waals surface area contributed by atoms with Crippen LogP contribution in [-0.4, -0.2) is 23.0 Å². The molecule has 160 valence electrons. The Labute approximate surface area is 185 Å². The van der Waals surface area contributed by atoms with Crippen LogP contribution >= 0.6 is 0 Å². The molecule has 4 rings (SSSR count). The lowest BCUT2D eigenvalue weighted by atomic mass is 10.1. The molecule has 0 saturated carbocycles. The number of ether oxygens (including phenoxy) is 1. The van der Waals surface area contributed by atoms with Gasteiger partial charge in [-0.15, -0.1) is 0 Å². The minimum absolute atomic E-state index is 0.195. The van der Waals surface area contributed by atoms with Crippen molar-refractivity contribution in [1.82, 2.24) is 15.3 Å². The molecule has 4 aromatic rings. The number of anilines is 2. The molecule has 0 aliphatic carbocycles. The van der Waals surface area contributed by atoms with Crippen molar-refractivity contribution in [3.05, 3.63) is 102 Å². The summed E-state index contributed by atoms with van der Waals surface area (Å²) in [7, 11) is 1.61. The summed E-state index contributed by atoms with van der Waals surface area (Å²) in [4.78, 5) is 21.1. The zero-order valence-electron chi connectivity index (χ0n) is 17.4. The molecule has 1 heterocycles. The van der Waals surface area contributed by atoms with Crippen molar-refractivity contribution in [2.45, 2.75) is 6.54 Å². The monoisotopic (exact) mass is 428 g/mol. The predicted octanol–water partition coefficient (Wildman–Crippen LogP) is 4.96. The van der Waals surface area contributed by atoms with Crippen LogP contribution in [0.1, 0.15) is 15.9 Å². The summed E-state index contributed by atoms with van der Waals surface area (Å²) in [5.41, 5.74) is 3.40. The van der Waals surface area contributed by atoms with Crippen LogP contribution in [0.4, 0.5) is 15.9 Å². The number of rotatable bonds is 7. The maximum atomic E-state index is 13.5. The van der Waals surface area contributed by atoms with E-state index in [0.717, 1.165) is 11.3 Å². The lowest BCUT2D eigenvalue weighted by Gasteiger charge is -2.10. The van der Waals surface area contributed by atoms with E-state index in [9.17, 15) is 9.18 Å². The molecule has 1 aromatic heterocycles. The van der Waals surface area contributed by atoms with Crippen LogP contribution in [0, 0.1) is 5.82 Å². The van der Waals surface area contributed by atoms with Crippen LogP contribution < -0.4 is 15.4 Å². The van der Waals surface area contributed by atoms with Crippen LogP contribution in [0.2, 0.25) is 0 Å². The Balaban J connectivity index is 1.45. The minimum atomic E-state index is -0.330. The van der Waals surface area contributed by atoms with Crippen LogP contribution in [0.25, 0.3) is 11.3 Å². The topological polar surface area (TPSA) is 76.1 Å². The maximum absolute atomic E-state index is 13.5. The van der Waals surface area contributed by atoms with Gasteiger partial charge in [0.05, 0.1) is 12.8 Å². The number of halogens is 1. The highest BCUT2D eigenvalue weighted by Crippen LogP contribution is 2.22. The first-order chi connectivity index (χ1) is 15.6. The summed E-state index contributed by atoms with van der Waals surface area (Å²) < 4.78 is 18.7. The van der Waals surface area contributed by atoms with E-state index in [1.54, 1.807) is 43.5 Å². The summed E-state index contributed by atoms with van der Waals surface area (Å²) in [6.45, 7) is 0.386. The van der Waals surface area contributed by atoms with E-state index < -0.39 is 0 Å². The molecule has 0 radical (unpaired) electrons. The van der Waals surface area contributed by atoms with Crippen molar-refractivity contribution in [1.29, 1.82) is 0 Å². The zero-order valence-corrected chi connectivity index (χ0v) is 17.4. The fourth-order valence-electron chi connectivity index (χ4n) is 3.18. The van der Waals surface area contributed by atoms with E-state index in [1.165, 1.54) is 18.5 Å². The van der Waals surface area contributed by atoms with Crippen molar-refractivity contribution in [2.75, 3.05) is 12.4 Å². The number of carbonyl (C=O) groups is 1. The maximum Gasteiger partial charge on any atom is 0.251 e. The van der Waals surface area contributed by atoms with Gasteiger partial charge in [0.25, 0.3) is 5.91 Å². The quantitative estimate of drug-likeness (QED) is 0.435. The molecular weight excluding hydrogens is 407 g/mol. The van der Waals surface area contributed by atoms with Crippen LogP contribution in [0.15, 0.2) is 85.2 Å². The van der Waals surface area contributed by atoms with Gasteiger partial charge in [-0.3, -0.25) is 4.79 Å². The van der Waals surface area contributed by atoms with Gasteiger partial charge in [-0.25, -0.2) is 14.4 Å². The smallest absolute Gasteiger partial charge is 0.251 e. The number of benzene rings is 3. The highest BCUT2D eigenvalue weighted by molar-refractivity contribution is 5.95. The summed E-state index contributed by atoms with van der Waals surface area (Å²) >= 11 is 0. The van der Waals surface area contributed by atoms with E-state index >= 15 is 0 Å². The fourth-order valence-corrected chi connectivity index (χ4v) is 3.18. The van der Waals surface area contributed by atoms with E-state index in [0.29, 0.717) is 34.9 Å². The van der Waals surface area contributed by atoms with Crippen molar-refractivity contribution in [3.8, 4) is 17.0 Å². The lowest BCUT2D eigenvalue weighted by Crippen LogP contribution is -2.22. The summed E-state index contributed by atoms with van der Waals surface area (Å²) in [6.07, 6.45) is 1.41. The number of aromatic nitrogens is 2. The Morgan fingerprint density at radius 3 is 2.66 bits per heavy atom. The number of carbonyl (C=O) groups excluding carboxylic acids is 1. The van der Waals surface area contributed by atoms with Crippen molar-refractivity contribution >= 4 is 17.4 Å². The molecule has 0 saturated heterocycles. The van der Waals surface area contributed by atoms with Crippen molar-refractivity contribution < 1.29 is 13.9 Å². The molecule has 7 heteroatoms. The fraction of sp³-hybridized carbons (Fsp3) is 0.0800. The average molecular weight is 428 g/mol. The van der Waals surface area contributed by atoms with Crippen molar-refractivity contribution in [2.24, 2.45) is 0 Å². The molecule has 0 fully saturated rings. The SMILES string of the molecule is COc1cccc(CNC(=O)c2cccc(Nc3cc(-c4cccc(F)c4)ncn3)c2)c1. The first kappa shape index (κ1) is 21.0. The second-order valence-electron chi connectivity index (χ2n) is 7.04. The average Bonchev–Trinajstić information content (AvgIpc) is 2.83. The Morgan fingerprint density at radius 1 is 0.969 bits per heavy atom. The molecule has 0 atom stereocenters. The number of hydrogen-bond acceptors (Lipinski definition) is 5. The number of nitrogens with zero attached hydrogens (tertiary/aromatic N) is 2. The Hall–Kier alpha value is -4.26. The molecule has 0 spiro atoms. The van der Waals surface area contributed by atoms with Gasteiger partial charge in [0.1, 0.15) is 23.7 Å². The van der Waals surface area contributed by atoms with Crippen LogP contribution in [-0.2, 0) is 6.54 Å². The highest BCUT2D eigenvalue weighted by atomic mass is 19.1. The third kappa shape index (κ3) is 5.26. The Morgan fingerprint density at radius 2 is 1.81 bits per heavy atom. The van der Waals surface area contributed by atoms with Crippen LogP contribution in [0.3, 0.4) is 0 Å². The molecule has 32 heavy (non-hydrogen) atoms. The first-order valence-electron chi connectivity index (χ1n) is 9.97. The van der Waals surface area contributed by atoms with E-state index in [4.69, 9.17) is 4.74 Å². The van der Waals surface area contributed by atoms with Gasteiger partial charge in [0, 0.05) is 29.4 Å². The molecule has 0 aliphatic rings. The zero-order chi connectivity index (χ0) is 22.3. The molecule has 1 amide bonds. The van der Waals surface area contributed by atoms with E-state index in [1.807, 2.05) is 30.3 Å². The van der Waals surface area contributed by atoms with Gasteiger partial charge < -0.3 is 15.4 Å². The number of methoxy groups -OCH3 is 1. The Kier molecular flexibility index (Phi) is 6.36. The third-order valence-corrected chi connectivity index (χ3v) is 4.77. The molecular formula is C25H21FN4O2. The third-order valence-electron chi connectivity index (χ3n) is 4.77. The molecule has 3 aromatic carbocycles. The molecule has 0 unspecified atom stereocenters. The summed E-state index contributed by atoms with van der Waals surface area (Å²) in [5.74, 6) is 0.751. The minimum Gasteiger partial charge on any atom is -0.497 e. The van der Waals surface area contributed by atoms with E-state index in [-0.39, 0.29) is 11.7 Å². The van der Waals surface area contributed by atoms with Gasteiger partial charge in [0.15, 0.2) is 0 Å². The lowest BCUT2D eigenvalue weighted by molar-refractivity contribution is 0.0951. The normalized spacial score (nSPS) is 10.4. The standard InChI is InChI=1S/C25H21FN4O2/c1-32-22-10-2-5-17(11-22)15-27-25(31)19-7-4-9-21(13-19)30-24-14-23(28-16-29-24)18-6-3-8-20(26)12-18/h2-14,16H,15H2,1H3,(H,27,31)(H,28,29,30). The van der Waals surface area contributed by atoms with Gasteiger partial charge in [-0.1, -0.05) is 30.3 Å². The predicted molar refractivity (Wildman–Crippen MR) is 121 cm³/mol. The summed E-state index contributed by atoms with van der Waals surface area (Å²) in [5, 5.41) is 6.08. The molecule has 0 aliphatic heterocycles. The van der Waals surface area contributed by atoms with Gasteiger partial charge in [0.2, 0.25) is 0 Å². The van der Waals surface area contributed by atoms with E-state index in [2.05, 4.69) is 20.6 Å². The summed E-state index contributed by atoms with van der Waals surface area (Å²) in [6, 6.07) is 22.6. The number of nitrogens with one attached hydrogen (secondary N) is 2.